The summed E-state index contributed by atoms with van der Waals surface area (Å²) in [7, 11) is 1.62. The smallest absolute Gasteiger partial charge is 0.271 e. The van der Waals surface area contributed by atoms with Crippen LogP contribution in [0.4, 0.5) is 0 Å². The van der Waals surface area contributed by atoms with Crippen molar-refractivity contribution in [2.75, 3.05) is 13.7 Å². The maximum Gasteiger partial charge on any atom is 0.271 e. The highest BCUT2D eigenvalue weighted by Crippen LogP contribution is 2.30. The van der Waals surface area contributed by atoms with Crippen LogP contribution in [0.2, 0.25) is 0 Å². The first-order valence-corrected chi connectivity index (χ1v) is 9.02. The Balaban J connectivity index is 1.73. The van der Waals surface area contributed by atoms with Crippen LogP contribution >= 0.6 is 0 Å². The lowest BCUT2D eigenvalue weighted by Gasteiger charge is -2.21. The van der Waals surface area contributed by atoms with E-state index in [1.165, 1.54) is 32.1 Å². The van der Waals surface area contributed by atoms with E-state index in [1.807, 2.05) is 30.3 Å². The third-order valence-electron chi connectivity index (χ3n) is 5.11. The lowest BCUT2D eigenvalue weighted by atomic mass is 9.90. The minimum Gasteiger partial charge on any atom is -0.477 e. The molecule has 0 aliphatic heterocycles. The number of aromatic nitrogens is 2. The number of carbonyl (C=O) groups is 1. The molecule has 0 spiro atoms. The standard InChI is InChI=1S/C20H23N3O2/c1-21-20(24)19-18-15(14-9-5-6-10-16(14)22-18)11-17(23-19)25-12-13-7-3-2-4-8-13/h5-6,9-11,13,22H,2-4,7-8,12H2,1H3,(H,21,24). The fraction of sp³-hybridized carbons (Fsp3) is 0.400. The van der Waals surface area contributed by atoms with Gasteiger partial charge in [-0.05, 0) is 24.8 Å². The van der Waals surface area contributed by atoms with Crippen LogP contribution in [0.1, 0.15) is 42.6 Å². The highest BCUT2D eigenvalue weighted by atomic mass is 16.5. The molecule has 1 saturated carbocycles. The summed E-state index contributed by atoms with van der Waals surface area (Å²) in [5.41, 5.74) is 2.13. The van der Waals surface area contributed by atoms with Crippen LogP contribution in [0.3, 0.4) is 0 Å². The number of rotatable bonds is 4. The van der Waals surface area contributed by atoms with Gasteiger partial charge in [0.15, 0.2) is 5.69 Å². The minimum atomic E-state index is -0.209. The van der Waals surface area contributed by atoms with Gasteiger partial charge in [-0.25, -0.2) is 4.98 Å². The Morgan fingerprint density at radius 1 is 1.24 bits per heavy atom. The van der Waals surface area contributed by atoms with Crippen LogP contribution in [0.5, 0.6) is 5.88 Å². The van der Waals surface area contributed by atoms with Gasteiger partial charge >= 0.3 is 0 Å². The zero-order valence-corrected chi connectivity index (χ0v) is 14.5. The summed E-state index contributed by atoms with van der Waals surface area (Å²) in [6, 6.07) is 9.98. The van der Waals surface area contributed by atoms with E-state index in [4.69, 9.17) is 4.74 Å². The molecule has 25 heavy (non-hydrogen) atoms. The SMILES string of the molecule is CNC(=O)c1nc(OCC2CCCCC2)cc2c1[nH]c1ccccc12. The van der Waals surface area contributed by atoms with Crippen LogP contribution in [0, 0.1) is 5.92 Å². The predicted molar refractivity (Wildman–Crippen MR) is 99.1 cm³/mol. The molecule has 130 valence electrons. The van der Waals surface area contributed by atoms with Gasteiger partial charge < -0.3 is 15.0 Å². The Bertz CT molecular complexity index is 910. The Labute approximate surface area is 146 Å². The summed E-state index contributed by atoms with van der Waals surface area (Å²) in [5.74, 6) is 0.916. The van der Waals surface area contributed by atoms with Crippen molar-refractivity contribution in [1.82, 2.24) is 15.3 Å². The monoisotopic (exact) mass is 337 g/mol. The third-order valence-corrected chi connectivity index (χ3v) is 5.11. The first kappa shape index (κ1) is 15.9. The van der Waals surface area contributed by atoms with Gasteiger partial charge in [0.05, 0.1) is 12.1 Å². The summed E-state index contributed by atoms with van der Waals surface area (Å²) in [6.07, 6.45) is 6.34. The maximum absolute atomic E-state index is 12.3. The highest BCUT2D eigenvalue weighted by molar-refractivity contribution is 6.14. The number of carbonyl (C=O) groups excluding carboxylic acids is 1. The quantitative estimate of drug-likeness (QED) is 0.755. The number of hydrogen-bond donors (Lipinski definition) is 2. The number of benzene rings is 1. The number of ether oxygens (including phenoxy) is 1. The van der Waals surface area contributed by atoms with E-state index in [0.717, 1.165) is 21.8 Å². The van der Waals surface area contributed by atoms with Gasteiger partial charge in [0, 0.05) is 29.4 Å². The second-order valence-electron chi connectivity index (χ2n) is 6.80. The van der Waals surface area contributed by atoms with Gasteiger partial charge in [-0.2, -0.15) is 0 Å². The van der Waals surface area contributed by atoms with Crippen LogP contribution < -0.4 is 10.1 Å². The van der Waals surface area contributed by atoms with Crippen molar-refractivity contribution in [3.05, 3.63) is 36.0 Å². The van der Waals surface area contributed by atoms with E-state index in [-0.39, 0.29) is 5.91 Å². The molecule has 3 aromatic rings. The Hall–Kier alpha value is -2.56. The van der Waals surface area contributed by atoms with Gasteiger partial charge in [-0.15, -0.1) is 0 Å². The molecule has 1 aliphatic rings. The number of pyridine rings is 1. The average molecular weight is 337 g/mol. The number of nitrogens with one attached hydrogen (secondary N) is 2. The van der Waals surface area contributed by atoms with Crippen molar-refractivity contribution in [2.45, 2.75) is 32.1 Å². The summed E-state index contributed by atoms with van der Waals surface area (Å²) in [6.45, 7) is 0.675. The van der Waals surface area contributed by atoms with E-state index in [1.54, 1.807) is 7.05 Å². The second-order valence-corrected chi connectivity index (χ2v) is 6.80. The minimum absolute atomic E-state index is 0.209. The molecule has 0 atom stereocenters. The molecule has 0 bridgehead atoms. The van der Waals surface area contributed by atoms with E-state index in [0.29, 0.717) is 24.1 Å². The van der Waals surface area contributed by atoms with Gasteiger partial charge in [0.1, 0.15) is 0 Å². The highest BCUT2D eigenvalue weighted by Gasteiger charge is 2.19. The molecule has 1 aliphatic carbocycles. The molecule has 5 heteroatoms. The molecule has 2 heterocycles. The second kappa shape index (κ2) is 6.75. The molecule has 0 radical (unpaired) electrons. The van der Waals surface area contributed by atoms with Crippen molar-refractivity contribution in [3.63, 3.8) is 0 Å². The maximum atomic E-state index is 12.3. The van der Waals surface area contributed by atoms with E-state index in [2.05, 4.69) is 15.3 Å². The van der Waals surface area contributed by atoms with Crippen molar-refractivity contribution in [2.24, 2.45) is 5.92 Å². The zero-order chi connectivity index (χ0) is 17.2. The third kappa shape index (κ3) is 3.06. The van der Waals surface area contributed by atoms with E-state index in [9.17, 15) is 4.79 Å². The molecule has 2 N–H and O–H groups in total. The number of H-pyrrole nitrogens is 1. The molecule has 5 nitrogen and oxygen atoms in total. The van der Waals surface area contributed by atoms with Crippen molar-refractivity contribution < 1.29 is 9.53 Å². The number of aromatic amines is 1. The Morgan fingerprint density at radius 3 is 2.84 bits per heavy atom. The van der Waals surface area contributed by atoms with Crippen molar-refractivity contribution in [1.29, 1.82) is 0 Å². The van der Waals surface area contributed by atoms with Crippen molar-refractivity contribution in [3.8, 4) is 5.88 Å². The number of nitrogens with zero attached hydrogens (tertiary/aromatic N) is 1. The normalized spacial score (nSPS) is 15.6. The summed E-state index contributed by atoms with van der Waals surface area (Å²) in [5, 5.41) is 4.72. The van der Waals surface area contributed by atoms with Crippen LogP contribution in [0.15, 0.2) is 30.3 Å². The van der Waals surface area contributed by atoms with Crippen LogP contribution in [0.25, 0.3) is 21.8 Å². The molecular weight excluding hydrogens is 314 g/mol. The van der Waals surface area contributed by atoms with Crippen LogP contribution in [-0.4, -0.2) is 29.5 Å². The zero-order valence-electron chi connectivity index (χ0n) is 14.5. The number of para-hydroxylation sites is 1. The van der Waals surface area contributed by atoms with Gasteiger partial charge in [-0.3, -0.25) is 4.79 Å². The van der Waals surface area contributed by atoms with E-state index < -0.39 is 0 Å². The predicted octanol–water partition coefficient (Wildman–Crippen LogP) is 4.03. The van der Waals surface area contributed by atoms with E-state index >= 15 is 0 Å². The fourth-order valence-corrected chi connectivity index (χ4v) is 3.74. The summed E-state index contributed by atoms with van der Waals surface area (Å²) in [4.78, 5) is 20.1. The molecule has 1 amide bonds. The summed E-state index contributed by atoms with van der Waals surface area (Å²) < 4.78 is 6.00. The lowest BCUT2D eigenvalue weighted by molar-refractivity contribution is 0.0958. The summed E-state index contributed by atoms with van der Waals surface area (Å²) >= 11 is 0. The first-order chi connectivity index (χ1) is 12.3. The lowest BCUT2D eigenvalue weighted by Crippen LogP contribution is -2.21. The molecule has 1 aromatic carbocycles. The Kier molecular flexibility index (Phi) is 4.30. The average Bonchev–Trinajstić information content (AvgIpc) is 3.04. The first-order valence-electron chi connectivity index (χ1n) is 9.02. The molecule has 0 saturated heterocycles. The van der Waals surface area contributed by atoms with Crippen molar-refractivity contribution >= 4 is 27.7 Å². The molecule has 0 unspecified atom stereocenters. The number of fused-ring (bicyclic) bond motifs is 3. The number of hydrogen-bond acceptors (Lipinski definition) is 3. The van der Waals surface area contributed by atoms with Gasteiger partial charge in [0.2, 0.25) is 5.88 Å². The largest absolute Gasteiger partial charge is 0.477 e. The topological polar surface area (TPSA) is 67.0 Å². The van der Waals surface area contributed by atoms with Crippen LogP contribution in [-0.2, 0) is 0 Å². The van der Waals surface area contributed by atoms with Gasteiger partial charge in [0.25, 0.3) is 5.91 Å². The van der Waals surface area contributed by atoms with Gasteiger partial charge in [-0.1, -0.05) is 37.5 Å². The Morgan fingerprint density at radius 2 is 2.04 bits per heavy atom. The molecule has 1 fully saturated rings. The fourth-order valence-electron chi connectivity index (χ4n) is 3.74. The number of amides is 1. The molecular formula is C20H23N3O2. The molecule has 4 rings (SSSR count). The molecule has 2 aromatic heterocycles.